The Labute approximate surface area is 109 Å². The van der Waals surface area contributed by atoms with Gasteiger partial charge in [0, 0.05) is 0 Å². The first kappa shape index (κ1) is 15.3. The van der Waals surface area contributed by atoms with Crippen molar-refractivity contribution in [3.05, 3.63) is 34.3 Å². The predicted molar refractivity (Wildman–Crippen MR) is 64.3 cm³/mol. The van der Waals surface area contributed by atoms with Crippen molar-refractivity contribution in [2.75, 3.05) is 0 Å². The monoisotopic (exact) mass is 281 g/mol. The van der Waals surface area contributed by atoms with E-state index in [-0.39, 0.29) is 0 Å². The minimum atomic E-state index is -4.48. The van der Waals surface area contributed by atoms with E-state index in [2.05, 4.69) is 0 Å². The summed E-state index contributed by atoms with van der Waals surface area (Å²) >= 11 is 5.58. The molecule has 1 aromatic carbocycles. The van der Waals surface area contributed by atoms with Gasteiger partial charge in [0.2, 0.25) is 0 Å². The Kier molecular flexibility index (Phi) is 5.01. The summed E-state index contributed by atoms with van der Waals surface area (Å²) in [6.07, 6.45) is -4.05. The second-order valence-corrected chi connectivity index (χ2v) is 4.53. The summed E-state index contributed by atoms with van der Waals surface area (Å²) in [5, 5.41) is 9.30. The molecule has 0 unspecified atom stereocenters. The van der Waals surface area contributed by atoms with E-state index in [0.29, 0.717) is 12.0 Å². The molecule has 102 valence electrons. The van der Waals surface area contributed by atoms with Crippen molar-refractivity contribution in [1.29, 1.82) is 0 Å². The Morgan fingerprint density at radius 3 is 2.44 bits per heavy atom. The first-order valence-electron chi connectivity index (χ1n) is 5.57. The highest BCUT2D eigenvalue weighted by Gasteiger charge is 2.33. The Bertz CT molecular complexity index is 409. The van der Waals surface area contributed by atoms with Crippen molar-refractivity contribution in [1.82, 2.24) is 0 Å². The van der Waals surface area contributed by atoms with Crippen LogP contribution in [0.3, 0.4) is 0 Å². The van der Waals surface area contributed by atoms with Gasteiger partial charge in [-0.1, -0.05) is 31.0 Å². The number of hydrogen-bond donors (Lipinski definition) is 2. The predicted octanol–water partition coefficient (Wildman–Crippen LogP) is 3.52. The quantitative estimate of drug-likeness (QED) is 0.887. The van der Waals surface area contributed by atoms with Crippen molar-refractivity contribution in [3.63, 3.8) is 0 Å². The molecule has 0 heterocycles. The maximum Gasteiger partial charge on any atom is 0.417 e. The zero-order chi connectivity index (χ0) is 13.9. The zero-order valence-corrected chi connectivity index (χ0v) is 10.6. The molecule has 0 amide bonds. The third-order valence-corrected chi connectivity index (χ3v) is 3.00. The molecule has 3 N–H and O–H groups in total. The van der Waals surface area contributed by atoms with Gasteiger partial charge in [0.1, 0.15) is 0 Å². The van der Waals surface area contributed by atoms with Crippen LogP contribution in [0.15, 0.2) is 18.2 Å². The van der Waals surface area contributed by atoms with Gasteiger partial charge in [-0.15, -0.1) is 0 Å². The number of aliphatic hydroxyl groups is 1. The molecule has 6 heteroatoms. The molecule has 0 saturated carbocycles. The molecule has 0 radical (unpaired) electrons. The van der Waals surface area contributed by atoms with Crippen molar-refractivity contribution in [2.45, 2.75) is 38.1 Å². The van der Waals surface area contributed by atoms with E-state index < -0.39 is 28.9 Å². The van der Waals surface area contributed by atoms with E-state index >= 15 is 0 Å². The van der Waals surface area contributed by atoms with Gasteiger partial charge in [0.25, 0.3) is 0 Å². The van der Waals surface area contributed by atoms with Crippen LogP contribution in [0.1, 0.15) is 36.9 Å². The summed E-state index contributed by atoms with van der Waals surface area (Å²) in [4.78, 5) is 0. The molecule has 0 aliphatic heterocycles. The van der Waals surface area contributed by atoms with Gasteiger partial charge < -0.3 is 10.8 Å². The third-order valence-electron chi connectivity index (χ3n) is 2.68. The second kappa shape index (κ2) is 5.91. The van der Waals surface area contributed by atoms with Gasteiger partial charge in [-0.25, -0.2) is 0 Å². The van der Waals surface area contributed by atoms with Crippen molar-refractivity contribution in [3.8, 4) is 0 Å². The molecular weight excluding hydrogens is 267 g/mol. The number of nitrogens with two attached hydrogens (primary N) is 1. The van der Waals surface area contributed by atoms with E-state index in [1.54, 1.807) is 0 Å². The van der Waals surface area contributed by atoms with Gasteiger partial charge in [0.15, 0.2) is 0 Å². The molecule has 2 nitrogen and oxygen atoms in total. The van der Waals surface area contributed by atoms with Crippen LogP contribution in [0, 0.1) is 0 Å². The molecule has 18 heavy (non-hydrogen) atoms. The minimum absolute atomic E-state index is 0.397. The van der Waals surface area contributed by atoms with Crippen LogP contribution < -0.4 is 5.73 Å². The summed E-state index contributed by atoms with van der Waals surface area (Å²) in [5.74, 6) is 0. The molecule has 1 rings (SSSR count). The normalized spacial score (nSPS) is 15.5. The van der Waals surface area contributed by atoms with E-state index in [1.165, 1.54) is 6.07 Å². The molecule has 0 spiro atoms. The molecule has 1 aromatic rings. The lowest BCUT2D eigenvalue weighted by atomic mass is 9.98. The fraction of sp³-hybridized carbons (Fsp3) is 0.500. The van der Waals surface area contributed by atoms with Crippen LogP contribution in [0.4, 0.5) is 13.2 Å². The van der Waals surface area contributed by atoms with E-state index in [4.69, 9.17) is 17.3 Å². The number of benzene rings is 1. The molecular formula is C12H15ClF3NO. The molecule has 2 atom stereocenters. The van der Waals surface area contributed by atoms with Crippen LogP contribution in [-0.2, 0) is 6.18 Å². The van der Waals surface area contributed by atoms with Crippen LogP contribution in [0.5, 0.6) is 0 Å². The Balaban J connectivity index is 2.97. The summed E-state index contributed by atoms with van der Waals surface area (Å²) < 4.78 is 37.5. The third kappa shape index (κ3) is 3.60. The summed E-state index contributed by atoms with van der Waals surface area (Å²) in [6.45, 7) is 1.88. The van der Waals surface area contributed by atoms with Crippen LogP contribution in [-0.4, -0.2) is 11.2 Å². The van der Waals surface area contributed by atoms with E-state index in [9.17, 15) is 18.3 Å². The number of alkyl halides is 3. The van der Waals surface area contributed by atoms with E-state index in [0.717, 1.165) is 18.6 Å². The van der Waals surface area contributed by atoms with Crippen LogP contribution in [0.2, 0.25) is 5.02 Å². The average Bonchev–Trinajstić information content (AvgIpc) is 2.26. The molecule has 0 aromatic heterocycles. The molecule has 0 aliphatic rings. The summed E-state index contributed by atoms with van der Waals surface area (Å²) in [5.41, 5.74) is 5.26. The highest BCUT2D eigenvalue weighted by Crippen LogP contribution is 2.36. The SMILES string of the molecule is CCC[C@H](O)[C@H](N)c1ccc(C(F)(F)F)c(Cl)c1. The Morgan fingerprint density at radius 2 is 2.00 bits per heavy atom. The number of hydrogen-bond acceptors (Lipinski definition) is 2. The van der Waals surface area contributed by atoms with Gasteiger partial charge in [-0.3, -0.25) is 0 Å². The zero-order valence-electron chi connectivity index (χ0n) is 9.84. The van der Waals surface area contributed by atoms with Gasteiger partial charge >= 0.3 is 6.18 Å². The maximum atomic E-state index is 12.5. The van der Waals surface area contributed by atoms with Crippen molar-refractivity contribution >= 4 is 11.6 Å². The van der Waals surface area contributed by atoms with Crippen molar-refractivity contribution < 1.29 is 18.3 Å². The number of rotatable bonds is 4. The lowest BCUT2D eigenvalue weighted by molar-refractivity contribution is -0.137. The van der Waals surface area contributed by atoms with Gasteiger partial charge in [-0.05, 0) is 24.1 Å². The first-order valence-corrected chi connectivity index (χ1v) is 5.95. The fourth-order valence-corrected chi connectivity index (χ4v) is 1.96. The lowest BCUT2D eigenvalue weighted by Crippen LogP contribution is -2.26. The highest BCUT2D eigenvalue weighted by molar-refractivity contribution is 6.31. The van der Waals surface area contributed by atoms with Gasteiger partial charge in [0.05, 0.1) is 22.7 Å². The molecule has 0 bridgehead atoms. The number of aliphatic hydroxyl groups excluding tert-OH is 1. The van der Waals surface area contributed by atoms with E-state index in [1.807, 2.05) is 6.92 Å². The molecule has 0 fully saturated rings. The van der Waals surface area contributed by atoms with Gasteiger partial charge in [-0.2, -0.15) is 13.2 Å². The summed E-state index contributed by atoms with van der Waals surface area (Å²) in [7, 11) is 0. The summed E-state index contributed by atoms with van der Waals surface area (Å²) in [6, 6.07) is 2.56. The smallest absolute Gasteiger partial charge is 0.391 e. The highest BCUT2D eigenvalue weighted by atomic mass is 35.5. The van der Waals surface area contributed by atoms with Crippen LogP contribution in [0.25, 0.3) is 0 Å². The topological polar surface area (TPSA) is 46.2 Å². The Hall–Kier alpha value is -0.780. The standard InChI is InChI=1S/C12H15ClF3NO/c1-2-3-10(18)11(17)7-4-5-8(9(13)6-7)12(14,15)16/h4-6,10-11,18H,2-3,17H2,1H3/t10-,11+/m0/s1. The van der Waals surface area contributed by atoms with Crippen LogP contribution >= 0.6 is 11.6 Å². The molecule has 0 saturated heterocycles. The Morgan fingerprint density at radius 1 is 1.39 bits per heavy atom. The second-order valence-electron chi connectivity index (χ2n) is 4.12. The number of halogens is 4. The maximum absolute atomic E-state index is 12.5. The van der Waals surface area contributed by atoms with Crippen molar-refractivity contribution in [2.24, 2.45) is 5.73 Å². The first-order chi connectivity index (χ1) is 8.27. The fourth-order valence-electron chi connectivity index (χ4n) is 1.67. The lowest BCUT2D eigenvalue weighted by Gasteiger charge is -2.19. The molecule has 0 aliphatic carbocycles. The average molecular weight is 282 g/mol. The minimum Gasteiger partial charge on any atom is -0.391 e. The largest absolute Gasteiger partial charge is 0.417 e.